The van der Waals surface area contributed by atoms with Gasteiger partial charge in [0.05, 0.1) is 18.2 Å². The van der Waals surface area contributed by atoms with Gasteiger partial charge in [0.2, 0.25) is 17.7 Å². The SMILES string of the molecule is CCC(=O)N[C@H](C)C1=CCC2CC1(C)[C@@H]2NC(=O)c1cnn(/C=C/C(C)(C)C(N)=O)c1OCC(C)C. The van der Waals surface area contributed by atoms with E-state index in [0.717, 1.165) is 12.8 Å². The first-order valence-electron chi connectivity index (χ1n) is 12.8. The fourth-order valence-corrected chi connectivity index (χ4v) is 5.11. The van der Waals surface area contributed by atoms with Crippen LogP contribution in [0.2, 0.25) is 0 Å². The van der Waals surface area contributed by atoms with Gasteiger partial charge in [0.25, 0.3) is 5.91 Å². The van der Waals surface area contributed by atoms with E-state index in [-0.39, 0.29) is 35.2 Å². The quantitative estimate of drug-likeness (QED) is 0.403. The Morgan fingerprint density at radius 1 is 1.33 bits per heavy atom. The third kappa shape index (κ3) is 5.50. The number of hydrogen-bond acceptors (Lipinski definition) is 5. The standard InChI is InChI=1S/C27H41N5O4/c1-8-21(33)30-17(4)20-10-9-18-13-27(20,7)22(18)31-23(34)19-14-29-32(24(19)36-15-16(2)3)12-11-26(5,6)25(28)35/h10-12,14,16-18,22H,8-9,13,15H2,1-7H3,(H2,28,35)(H,30,33)(H,31,34)/b12-11+/t17-,18?,22-,27?/m1/s1. The van der Waals surface area contributed by atoms with Crippen LogP contribution in [0.25, 0.3) is 6.20 Å². The van der Waals surface area contributed by atoms with Crippen LogP contribution in [-0.2, 0) is 9.59 Å². The summed E-state index contributed by atoms with van der Waals surface area (Å²) in [5.74, 6) is 0.213. The molecule has 1 heterocycles. The summed E-state index contributed by atoms with van der Waals surface area (Å²) in [5.41, 5.74) is 5.88. The monoisotopic (exact) mass is 499 g/mol. The number of hydrogen-bond donors (Lipinski definition) is 3. The van der Waals surface area contributed by atoms with Gasteiger partial charge in [-0.05, 0) is 51.0 Å². The molecule has 4 N–H and O–H groups in total. The first kappa shape index (κ1) is 27.5. The lowest BCUT2D eigenvalue weighted by Gasteiger charge is -2.59. The number of allylic oxidation sites excluding steroid dienone is 1. The topological polar surface area (TPSA) is 128 Å². The molecule has 0 aliphatic heterocycles. The van der Waals surface area contributed by atoms with Crippen LogP contribution >= 0.6 is 0 Å². The van der Waals surface area contributed by atoms with E-state index in [1.165, 1.54) is 16.5 Å². The molecule has 36 heavy (non-hydrogen) atoms. The minimum atomic E-state index is -0.881. The van der Waals surface area contributed by atoms with Crippen molar-refractivity contribution in [1.82, 2.24) is 20.4 Å². The average molecular weight is 500 g/mol. The van der Waals surface area contributed by atoms with Gasteiger partial charge in [-0.1, -0.05) is 39.8 Å². The van der Waals surface area contributed by atoms with E-state index in [1.54, 1.807) is 26.1 Å². The Morgan fingerprint density at radius 2 is 2.03 bits per heavy atom. The number of nitrogens with one attached hydrogen (secondary N) is 2. The Bertz CT molecular complexity index is 1070. The molecule has 1 aromatic rings. The van der Waals surface area contributed by atoms with Crippen LogP contribution in [0.1, 0.15) is 78.1 Å². The van der Waals surface area contributed by atoms with E-state index >= 15 is 0 Å². The first-order chi connectivity index (χ1) is 16.8. The van der Waals surface area contributed by atoms with Crippen LogP contribution in [0.15, 0.2) is 23.9 Å². The highest BCUT2D eigenvalue weighted by Gasteiger charge is 2.56. The number of rotatable bonds is 11. The second-order valence-corrected chi connectivity index (χ2v) is 11.3. The highest BCUT2D eigenvalue weighted by atomic mass is 16.5. The number of carbonyl (C=O) groups excluding carboxylic acids is 3. The largest absolute Gasteiger partial charge is 0.477 e. The molecule has 0 aromatic carbocycles. The van der Waals surface area contributed by atoms with Crippen LogP contribution < -0.4 is 21.1 Å². The Balaban J connectivity index is 1.82. The molecule has 0 radical (unpaired) electrons. The van der Waals surface area contributed by atoms with Gasteiger partial charge >= 0.3 is 0 Å². The van der Waals surface area contributed by atoms with Gasteiger partial charge in [0.1, 0.15) is 5.56 Å². The van der Waals surface area contributed by atoms with E-state index in [1.807, 2.05) is 27.7 Å². The van der Waals surface area contributed by atoms with Crippen molar-refractivity contribution in [3.8, 4) is 5.88 Å². The van der Waals surface area contributed by atoms with Gasteiger partial charge in [-0.3, -0.25) is 14.4 Å². The second kappa shape index (κ2) is 10.5. The second-order valence-electron chi connectivity index (χ2n) is 11.3. The molecule has 0 saturated heterocycles. The van der Waals surface area contributed by atoms with Crippen LogP contribution in [-0.4, -0.2) is 46.2 Å². The maximum absolute atomic E-state index is 13.5. The zero-order valence-electron chi connectivity index (χ0n) is 22.6. The fraction of sp³-hybridized carbons (Fsp3) is 0.630. The van der Waals surface area contributed by atoms with Crippen molar-refractivity contribution in [3.63, 3.8) is 0 Å². The number of nitrogens with zero attached hydrogens (tertiary/aromatic N) is 2. The Labute approximate surface area is 213 Å². The number of fused-ring (bicyclic) bond motifs is 1. The number of aromatic nitrogens is 2. The van der Waals surface area contributed by atoms with Crippen molar-refractivity contribution in [1.29, 1.82) is 0 Å². The smallest absolute Gasteiger partial charge is 0.258 e. The summed E-state index contributed by atoms with van der Waals surface area (Å²) in [4.78, 5) is 37.2. The van der Waals surface area contributed by atoms with Crippen LogP contribution in [0.4, 0.5) is 0 Å². The van der Waals surface area contributed by atoms with E-state index < -0.39 is 11.3 Å². The molecule has 0 spiro atoms. The fourth-order valence-electron chi connectivity index (χ4n) is 5.11. The molecule has 4 rings (SSSR count). The lowest BCUT2D eigenvalue weighted by Crippen LogP contribution is -2.64. The lowest BCUT2D eigenvalue weighted by molar-refractivity contribution is -0.124. The number of ether oxygens (including phenoxy) is 1. The van der Waals surface area contributed by atoms with E-state index in [0.29, 0.717) is 30.4 Å². The zero-order chi connectivity index (χ0) is 26.8. The minimum absolute atomic E-state index is 0.0148. The number of primary amides is 1. The molecule has 1 aromatic heterocycles. The third-order valence-corrected chi connectivity index (χ3v) is 7.41. The van der Waals surface area contributed by atoms with E-state index in [4.69, 9.17) is 10.5 Å². The summed E-state index contributed by atoms with van der Waals surface area (Å²) in [7, 11) is 0. The van der Waals surface area contributed by atoms with Crippen molar-refractivity contribution in [2.45, 2.75) is 79.8 Å². The van der Waals surface area contributed by atoms with Gasteiger partial charge in [0, 0.05) is 30.1 Å². The van der Waals surface area contributed by atoms with Crippen LogP contribution in [0, 0.1) is 22.7 Å². The van der Waals surface area contributed by atoms with Gasteiger partial charge in [-0.2, -0.15) is 5.10 Å². The Kier molecular flexibility index (Phi) is 8.00. The Morgan fingerprint density at radius 3 is 2.64 bits per heavy atom. The molecule has 4 atom stereocenters. The minimum Gasteiger partial charge on any atom is -0.477 e. The molecular formula is C27H41N5O4. The molecule has 2 unspecified atom stereocenters. The van der Waals surface area contributed by atoms with Gasteiger partial charge in [-0.25, -0.2) is 4.68 Å². The van der Waals surface area contributed by atoms with Crippen LogP contribution in [0.5, 0.6) is 5.88 Å². The van der Waals surface area contributed by atoms with Crippen LogP contribution in [0.3, 0.4) is 0 Å². The van der Waals surface area contributed by atoms with Gasteiger partial charge in [-0.15, -0.1) is 0 Å². The van der Waals surface area contributed by atoms with Gasteiger partial charge in [0.15, 0.2) is 0 Å². The molecule has 9 heteroatoms. The molecular weight excluding hydrogens is 458 g/mol. The molecule has 1 fully saturated rings. The highest BCUT2D eigenvalue weighted by molar-refractivity contribution is 5.97. The summed E-state index contributed by atoms with van der Waals surface area (Å²) >= 11 is 0. The number of carbonyl (C=O) groups is 3. The van der Waals surface area contributed by atoms with Crippen molar-refractivity contribution in [2.24, 2.45) is 28.4 Å². The lowest BCUT2D eigenvalue weighted by atomic mass is 9.50. The summed E-state index contributed by atoms with van der Waals surface area (Å²) in [5, 5.41) is 10.6. The normalized spacial score (nSPS) is 24.2. The summed E-state index contributed by atoms with van der Waals surface area (Å²) < 4.78 is 7.47. The van der Waals surface area contributed by atoms with Crippen molar-refractivity contribution in [2.75, 3.05) is 6.61 Å². The molecule has 3 amide bonds. The predicted molar refractivity (Wildman–Crippen MR) is 139 cm³/mol. The van der Waals surface area contributed by atoms with E-state index in [9.17, 15) is 14.4 Å². The molecule has 3 aliphatic carbocycles. The average Bonchev–Trinajstić information content (AvgIpc) is 3.22. The van der Waals surface area contributed by atoms with Crippen molar-refractivity contribution < 1.29 is 19.1 Å². The molecule has 1 saturated carbocycles. The third-order valence-electron chi connectivity index (χ3n) is 7.41. The zero-order valence-corrected chi connectivity index (χ0v) is 22.6. The molecule has 198 valence electrons. The summed E-state index contributed by atoms with van der Waals surface area (Å²) in [6.45, 7) is 13.9. The van der Waals surface area contributed by atoms with Crippen molar-refractivity contribution >= 4 is 23.9 Å². The molecule has 2 bridgehead atoms. The van der Waals surface area contributed by atoms with E-state index in [2.05, 4.69) is 28.7 Å². The summed E-state index contributed by atoms with van der Waals surface area (Å²) in [6.07, 6.45) is 9.23. The summed E-state index contributed by atoms with van der Waals surface area (Å²) in [6, 6.07) is -0.133. The number of amides is 3. The van der Waals surface area contributed by atoms with Crippen molar-refractivity contribution in [3.05, 3.63) is 29.5 Å². The molecule has 3 aliphatic rings. The Hall–Kier alpha value is -3.10. The first-order valence-corrected chi connectivity index (χ1v) is 12.8. The number of nitrogens with two attached hydrogens (primary N) is 1. The maximum atomic E-state index is 13.5. The predicted octanol–water partition coefficient (Wildman–Crippen LogP) is 3.27. The molecule has 9 nitrogen and oxygen atoms in total. The highest BCUT2D eigenvalue weighted by Crippen LogP contribution is 2.56. The van der Waals surface area contributed by atoms with Gasteiger partial charge < -0.3 is 21.1 Å². The maximum Gasteiger partial charge on any atom is 0.258 e.